The fraction of sp³-hybridized carbons (Fsp3) is 0.500. The van der Waals surface area contributed by atoms with Gasteiger partial charge in [0, 0.05) is 25.5 Å². The third kappa shape index (κ3) is 4.40. The molecule has 0 bridgehead atoms. The van der Waals surface area contributed by atoms with Crippen LogP contribution in [0.1, 0.15) is 24.5 Å². The molecular weight excluding hydrogens is 204 g/mol. The number of hydrogen-bond donors (Lipinski definition) is 1. The summed E-state index contributed by atoms with van der Waals surface area (Å²) in [5, 5.41) is 2.79. The van der Waals surface area contributed by atoms with Crippen LogP contribution in [0.2, 0.25) is 0 Å². The first-order valence-electron chi connectivity index (χ1n) is 5.48. The van der Waals surface area contributed by atoms with Crippen molar-refractivity contribution in [2.24, 2.45) is 0 Å². The molecule has 16 heavy (non-hydrogen) atoms. The van der Waals surface area contributed by atoms with E-state index in [2.05, 4.69) is 10.3 Å². The summed E-state index contributed by atoms with van der Waals surface area (Å²) in [4.78, 5) is 15.4. The maximum atomic E-state index is 11.3. The number of carbonyl (C=O) groups is 1. The van der Waals surface area contributed by atoms with Gasteiger partial charge in [-0.3, -0.25) is 9.78 Å². The zero-order valence-corrected chi connectivity index (χ0v) is 9.82. The molecule has 0 saturated carbocycles. The molecule has 88 valence electrons. The Balaban J connectivity index is 2.29. The molecular formula is C12H18N2O2. The number of nitrogens with zero attached hydrogens (tertiary/aromatic N) is 1. The summed E-state index contributed by atoms with van der Waals surface area (Å²) < 4.78 is 5.14. The molecule has 1 heterocycles. The van der Waals surface area contributed by atoms with Gasteiger partial charge in [0.25, 0.3) is 0 Å². The maximum absolute atomic E-state index is 11.3. The van der Waals surface area contributed by atoms with Crippen LogP contribution in [0.4, 0.5) is 0 Å². The monoisotopic (exact) mass is 222 g/mol. The van der Waals surface area contributed by atoms with E-state index in [1.54, 1.807) is 12.4 Å². The molecule has 1 aromatic rings. The molecule has 4 nitrogen and oxygen atoms in total. The Labute approximate surface area is 96.0 Å². The van der Waals surface area contributed by atoms with Crippen LogP contribution in [0.25, 0.3) is 0 Å². The van der Waals surface area contributed by atoms with Crippen molar-refractivity contribution >= 4 is 5.91 Å². The molecule has 0 aromatic carbocycles. The van der Waals surface area contributed by atoms with E-state index in [-0.39, 0.29) is 12.5 Å². The zero-order chi connectivity index (χ0) is 11.8. The predicted molar refractivity (Wildman–Crippen MR) is 61.9 cm³/mol. The molecule has 0 aliphatic carbocycles. The summed E-state index contributed by atoms with van der Waals surface area (Å²) in [5.74, 6) is -0.0864. The van der Waals surface area contributed by atoms with Gasteiger partial charge in [-0.05, 0) is 30.5 Å². The predicted octanol–water partition coefficient (Wildman–Crippen LogP) is 1.43. The summed E-state index contributed by atoms with van der Waals surface area (Å²) >= 11 is 0. The SMILES string of the molecule is CCCOCC(=O)NCc1cnccc1C. The number of nitrogens with one attached hydrogen (secondary N) is 1. The first kappa shape index (κ1) is 12.6. The van der Waals surface area contributed by atoms with Gasteiger partial charge < -0.3 is 10.1 Å². The number of ether oxygens (including phenoxy) is 1. The van der Waals surface area contributed by atoms with Gasteiger partial charge >= 0.3 is 0 Å². The molecule has 0 radical (unpaired) electrons. The molecule has 1 rings (SSSR count). The van der Waals surface area contributed by atoms with Crippen LogP contribution in [0.3, 0.4) is 0 Å². The van der Waals surface area contributed by atoms with Crippen molar-refractivity contribution < 1.29 is 9.53 Å². The minimum absolute atomic E-state index is 0.0864. The van der Waals surface area contributed by atoms with E-state index in [0.717, 1.165) is 17.5 Å². The number of rotatable bonds is 6. The Bertz CT molecular complexity index is 340. The van der Waals surface area contributed by atoms with E-state index in [4.69, 9.17) is 4.74 Å². The third-order valence-electron chi connectivity index (χ3n) is 2.21. The van der Waals surface area contributed by atoms with Crippen molar-refractivity contribution in [2.75, 3.05) is 13.2 Å². The van der Waals surface area contributed by atoms with Gasteiger partial charge in [0.05, 0.1) is 0 Å². The van der Waals surface area contributed by atoms with Gasteiger partial charge in [-0.1, -0.05) is 6.92 Å². The molecule has 1 N–H and O–H groups in total. The standard InChI is InChI=1S/C12H18N2O2/c1-3-6-16-9-12(15)14-8-11-7-13-5-4-10(11)2/h4-5,7H,3,6,8-9H2,1-2H3,(H,14,15). The zero-order valence-electron chi connectivity index (χ0n) is 9.82. The minimum Gasteiger partial charge on any atom is -0.372 e. The number of aromatic nitrogens is 1. The molecule has 1 amide bonds. The normalized spacial score (nSPS) is 10.1. The summed E-state index contributed by atoms with van der Waals surface area (Å²) in [7, 11) is 0. The van der Waals surface area contributed by atoms with Gasteiger partial charge in [-0.25, -0.2) is 0 Å². The molecule has 0 atom stereocenters. The highest BCUT2D eigenvalue weighted by molar-refractivity contribution is 5.77. The lowest BCUT2D eigenvalue weighted by Gasteiger charge is -2.07. The molecule has 0 aliphatic rings. The van der Waals surface area contributed by atoms with Crippen LogP contribution in [0, 0.1) is 6.92 Å². The largest absolute Gasteiger partial charge is 0.372 e. The molecule has 0 spiro atoms. The molecule has 1 aromatic heterocycles. The summed E-state index contributed by atoms with van der Waals surface area (Å²) in [6, 6.07) is 1.93. The number of hydrogen-bond acceptors (Lipinski definition) is 3. The van der Waals surface area contributed by atoms with Crippen LogP contribution >= 0.6 is 0 Å². The highest BCUT2D eigenvalue weighted by Gasteiger charge is 2.02. The van der Waals surface area contributed by atoms with Gasteiger partial charge in [-0.15, -0.1) is 0 Å². The fourth-order valence-corrected chi connectivity index (χ4v) is 1.24. The number of aryl methyl sites for hydroxylation is 1. The average molecular weight is 222 g/mol. The Hall–Kier alpha value is -1.42. The summed E-state index contributed by atoms with van der Waals surface area (Å²) in [5.41, 5.74) is 2.16. The first-order chi connectivity index (χ1) is 7.74. The first-order valence-corrected chi connectivity index (χ1v) is 5.48. The van der Waals surface area contributed by atoms with E-state index in [0.29, 0.717) is 13.2 Å². The van der Waals surface area contributed by atoms with E-state index in [9.17, 15) is 4.79 Å². The van der Waals surface area contributed by atoms with Crippen LogP contribution in [0.5, 0.6) is 0 Å². The van der Waals surface area contributed by atoms with Crippen molar-refractivity contribution in [1.29, 1.82) is 0 Å². The molecule has 0 aliphatic heterocycles. The Morgan fingerprint density at radius 2 is 2.38 bits per heavy atom. The van der Waals surface area contributed by atoms with Crippen molar-refractivity contribution in [3.05, 3.63) is 29.6 Å². The maximum Gasteiger partial charge on any atom is 0.246 e. The summed E-state index contributed by atoms with van der Waals surface area (Å²) in [6.07, 6.45) is 4.43. The lowest BCUT2D eigenvalue weighted by Crippen LogP contribution is -2.27. The lowest BCUT2D eigenvalue weighted by molar-refractivity contribution is -0.125. The second-order valence-electron chi connectivity index (χ2n) is 3.63. The fourth-order valence-electron chi connectivity index (χ4n) is 1.24. The molecule has 4 heteroatoms. The number of pyridine rings is 1. The Kier molecular flexibility index (Phi) is 5.50. The second kappa shape index (κ2) is 6.95. The van der Waals surface area contributed by atoms with Crippen molar-refractivity contribution in [3.63, 3.8) is 0 Å². The van der Waals surface area contributed by atoms with E-state index >= 15 is 0 Å². The van der Waals surface area contributed by atoms with Crippen LogP contribution in [0.15, 0.2) is 18.5 Å². The van der Waals surface area contributed by atoms with Crippen molar-refractivity contribution in [2.45, 2.75) is 26.8 Å². The van der Waals surface area contributed by atoms with Gasteiger partial charge in [0.15, 0.2) is 0 Å². The highest BCUT2D eigenvalue weighted by Crippen LogP contribution is 2.03. The van der Waals surface area contributed by atoms with Crippen LogP contribution < -0.4 is 5.32 Å². The summed E-state index contributed by atoms with van der Waals surface area (Å²) in [6.45, 7) is 5.27. The van der Waals surface area contributed by atoms with E-state index in [1.165, 1.54) is 0 Å². The quantitative estimate of drug-likeness (QED) is 0.741. The highest BCUT2D eigenvalue weighted by atomic mass is 16.5. The van der Waals surface area contributed by atoms with Crippen molar-refractivity contribution in [1.82, 2.24) is 10.3 Å². The van der Waals surface area contributed by atoms with Gasteiger partial charge in [0.1, 0.15) is 6.61 Å². The van der Waals surface area contributed by atoms with Gasteiger partial charge in [0.2, 0.25) is 5.91 Å². The minimum atomic E-state index is -0.0864. The van der Waals surface area contributed by atoms with Crippen molar-refractivity contribution in [3.8, 4) is 0 Å². The molecule has 0 saturated heterocycles. The van der Waals surface area contributed by atoms with Crippen LogP contribution in [-0.4, -0.2) is 24.1 Å². The topological polar surface area (TPSA) is 51.2 Å². The lowest BCUT2D eigenvalue weighted by atomic mass is 10.1. The van der Waals surface area contributed by atoms with Gasteiger partial charge in [-0.2, -0.15) is 0 Å². The Morgan fingerprint density at radius 1 is 1.56 bits per heavy atom. The molecule has 0 unspecified atom stereocenters. The molecule has 0 fully saturated rings. The Morgan fingerprint density at radius 3 is 3.06 bits per heavy atom. The number of carbonyl (C=O) groups excluding carboxylic acids is 1. The van der Waals surface area contributed by atoms with E-state index < -0.39 is 0 Å². The second-order valence-corrected chi connectivity index (χ2v) is 3.63. The smallest absolute Gasteiger partial charge is 0.246 e. The average Bonchev–Trinajstić information content (AvgIpc) is 2.28. The van der Waals surface area contributed by atoms with Crippen LogP contribution in [-0.2, 0) is 16.1 Å². The number of amides is 1. The third-order valence-corrected chi connectivity index (χ3v) is 2.21. The van der Waals surface area contributed by atoms with E-state index in [1.807, 2.05) is 19.9 Å².